The van der Waals surface area contributed by atoms with Crippen LogP contribution in [-0.4, -0.2) is 5.79 Å². The molecule has 2 aromatic rings. The van der Waals surface area contributed by atoms with Crippen LogP contribution in [0.2, 0.25) is 0 Å². The summed E-state index contributed by atoms with van der Waals surface area (Å²) < 4.78 is 16.5. The molecule has 0 spiro atoms. The van der Waals surface area contributed by atoms with E-state index in [1.807, 2.05) is 38.1 Å². The quantitative estimate of drug-likeness (QED) is 0.906. The fourth-order valence-corrected chi connectivity index (χ4v) is 2.17. The summed E-state index contributed by atoms with van der Waals surface area (Å²) in [6.45, 7) is 5.88. The van der Waals surface area contributed by atoms with Crippen LogP contribution in [0.1, 0.15) is 32.4 Å². The highest BCUT2D eigenvalue weighted by atomic mass is 16.7. The van der Waals surface area contributed by atoms with E-state index in [4.69, 9.17) is 13.9 Å². The highest BCUT2D eigenvalue weighted by Crippen LogP contribution is 2.41. The molecule has 0 fully saturated rings. The zero-order valence-electron chi connectivity index (χ0n) is 11.3. The predicted molar refractivity (Wildman–Crippen MR) is 72.5 cm³/mol. The third kappa shape index (κ3) is 2.38. The highest BCUT2D eigenvalue weighted by Gasteiger charge is 2.31. The zero-order valence-corrected chi connectivity index (χ0v) is 11.3. The second-order valence-corrected chi connectivity index (χ2v) is 5.19. The van der Waals surface area contributed by atoms with Crippen LogP contribution < -0.4 is 14.8 Å². The normalized spacial score (nSPS) is 17.2. The Morgan fingerprint density at radius 3 is 2.63 bits per heavy atom. The van der Waals surface area contributed by atoms with Gasteiger partial charge in [0.1, 0.15) is 0 Å². The Hall–Kier alpha value is -2.10. The van der Waals surface area contributed by atoms with Gasteiger partial charge in [-0.05, 0) is 25.1 Å². The maximum absolute atomic E-state index is 5.73. The number of fused-ring (bicyclic) bond motifs is 1. The summed E-state index contributed by atoms with van der Waals surface area (Å²) >= 11 is 0. The molecular formula is C15H17NO3. The summed E-state index contributed by atoms with van der Waals surface area (Å²) in [6, 6.07) is 8.00. The van der Waals surface area contributed by atoms with Gasteiger partial charge in [-0.1, -0.05) is 0 Å². The fourth-order valence-electron chi connectivity index (χ4n) is 2.17. The van der Waals surface area contributed by atoms with E-state index in [2.05, 4.69) is 12.2 Å². The molecule has 4 nitrogen and oxygen atoms in total. The molecule has 2 heterocycles. The van der Waals surface area contributed by atoms with Crippen molar-refractivity contribution in [1.29, 1.82) is 0 Å². The molecule has 0 saturated heterocycles. The molecule has 19 heavy (non-hydrogen) atoms. The van der Waals surface area contributed by atoms with Gasteiger partial charge >= 0.3 is 0 Å². The standard InChI is InChI=1S/C15H17NO3/c1-10(11-6-7-17-9-11)16-12-4-5-13-14(8-12)19-15(2,3)18-13/h4-10,16H,1-3H3. The lowest BCUT2D eigenvalue weighted by atomic mass is 10.1. The SMILES string of the molecule is CC(Nc1ccc2c(c1)OC(C)(C)O2)c1ccoc1. The average molecular weight is 259 g/mol. The third-order valence-electron chi connectivity index (χ3n) is 3.08. The van der Waals surface area contributed by atoms with Crippen molar-refractivity contribution in [1.82, 2.24) is 0 Å². The van der Waals surface area contributed by atoms with Crippen LogP contribution in [0.25, 0.3) is 0 Å². The largest absolute Gasteiger partial charge is 0.472 e. The molecule has 1 aromatic carbocycles. The molecule has 3 rings (SSSR count). The molecule has 0 aliphatic carbocycles. The van der Waals surface area contributed by atoms with E-state index < -0.39 is 5.79 Å². The molecular weight excluding hydrogens is 242 g/mol. The smallest absolute Gasteiger partial charge is 0.246 e. The van der Waals surface area contributed by atoms with E-state index in [9.17, 15) is 0 Å². The molecule has 1 aliphatic heterocycles. The minimum atomic E-state index is -0.586. The molecule has 0 saturated carbocycles. The van der Waals surface area contributed by atoms with E-state index >= 15 is 0 Å². The molecule has 1 aliphatic rings. The maximum atomic E-state index is 5.73. The molecule has 4 heteroatoms. The van der Waals surface area contributed by atoms with Gasteiger partial charge in [0.25, 0.3) is 0 Å². The van der Waals surface area contributed by atoms with Crippen molar-refractivity contribution in [3.05, 3.63) is 42.4 Å². The Morgan fingerprint density at radius 2 is 1.89 bits per heavy atom. The molecule has 1 atom stereocenters. The Morgan fingerprint density at radius 1 is 1.11 bits per heavy atom. The second kappa shape index (κ2) is 4.23. The van der Waals surface area contributed by atoms with E-state index in [0.717, 1.165) is 22.7 Å². The summed E-state index contributed by atoms with van der Waals surface area (Å²) in [5.41, 5.74) is 2.10. The molecule has 1 unspecified atom stereocenters. The first-order chi connectivity index (χ1) is 9.03. The monoisotopic (exact) mass is 259 g/mol. The molecule has 0 radical (unpaired) electrons. The van der Waals surface area contributed by atoms with Gasteiger partial charge in [0.15, 0.2) is 11.5 Å². The second-order valence-electron chi connectivity index (χ2n) is 5.19. The molecule has 1 N–H and O–H groups in total. The first-order valence-corrected chi connectivity index (χ1v) is 6.34. The number of rotatable bonds is 3. The van der Waals surface area contributed by atoms with Crippen molar-refractivity contribution < 1.29 is 13.9 Å². The maximum Gasteiger partial charge on any atom is 0.246 e. The zero-order chi connectivity index (χ0) is 13.5. The summed E-state index contributed by atoms with van der Waals surface area (Å²) in [7, 11) is 0. The van der Waals surface area contributed by atoms with E-state index in [0.29, 0.717) is 0 Å². The van der Waals surface area contributed by atoms with Gasteiger partial charge in [0, 0.05) is 31.2 Å². The lowest BCUT2D eigenvalue weighted by molar-refractivity contribution is -0.0431. The number of furan rings is 1. The fraction of sp³-hybridized carbons (Fsp3) is 0.333. The van der Waals surface area contributed by atoms with Crippen LogP contribution in [0, 0.1) is 0 Å². The first kappa shape index (κ1) is 12.0. The molecule has 1 aromatic heterocycles. The van der Waals surface area contributed by atoms with Crippen molar-refractivity contribution in [2.24, 2.45) is 0 Å². The summed E-state index contributed by atoms with van der Waals surface area (Å²) in [5.74, 6) is 0.970. The minimum absolute atomic E-state index is 0.173. The first-order valence-electron chi connectivity index (χ1n) is 6.34. The number of nitrogens with one attached hydrogen (secondary N) is 1. The lowest BCUT2D eigenvalue weighted by Gasteiger charge is -2.16. The number of benzene rings is 1. The van der Waals surface area contributed by atoms with Crippen LogP contribution in [-0.2, 0) is 0 Å². The third-order valence-corrected chi connectivity index (χ3v) is 3.08. The van der Waals surface area contributed by atoms with Gasteiger partial charge in [-0.3, -0.25) is 0 Å². The van der Waals surface area contributed by atoms with Crippen molar-refractivity contribution >= 4 is 5.69 Å². The highest BCUT2D eigenvalue weighted by molar-refractivity contribution is 5.56. The van der Waals surface area contributed by atoms with Gasteiger partial charge in [-0.2, -0.15) is 0 Å². The minimum Gasteiger partial charge on any atom is -0.472 e. The number of ether oxygens (including phenoxy) is 2. The topological polar surface area (TPSA) is 43.6 Å². The van der Waals surface area contributed by atoms with Gasteiger partial charge in [-0.25, -0.2) is 0 Å². The summed E-state index contributed by atoms with van der Waals surface area (Å²) in [4.78, 5) is 0. The Labute approximate surface area is 112 Å². The Balaban J connectivity index is 1.77. The van der Waals surface area contributed by atoms with E-state index in [1.54, 1.807) is 12.5 Å². The van der Waals surface area contributed by atoms with Gasteiger partial charge < -0.3 is 19.2 Å². The van der Waals surface area contributed by atoms with Crippen LogP contribution >= 0.6 is 0 Å². The Bertz CT molecular complexity index is 575. The predicted octanol–water partition coefficient (Wildman–Crippen LogP) is 3.96. The van der Waals surface area contributed by atoms with E-state index in [1.165, 1.54) is 0 Å². The van der Waals surface area contributed by atoms with Crippen LogP contribution in [0.5, 0.6) is 11.5 Å². The summed E-state index contributed by atoms with van der Waals surface area (Å²) in [6.07, 6.45) is 3.42. The number of hydrogen-bond acceptors (Lipinski definition) is 4. The average Bonchev–Trinajstić information content (AvgIpc) is 2.93. The van der Waals surface area contributed by atoms with Crippen LogP contribution in [0.3, 0.4) is 0 Å². The van der Waals surface area contributed by atoms with Gasteiger partial charge in [-0.15, -0.1) is 0 Å². The van der Waals surface area contributed by atoms with Crippen molar-refractivity contribution in [3.8, 4) is 11.5 Å². The van der Waals surface area contributed by atoms with Crippen LogP contribution in [0.15, 0.2) is 41.2 Å². The number of hydrogen-bond donors (Lipinski definition) is 1. The lowest BCUT2D eigenvalue weighted by Crippen LogP contribution is -2.29. The van der Waals surface area contributed by atoms with Crippen LogP contribution in [0.4, 0.5) is 5.69 Å². The van der Waals surface area contributed by atoms with Crippen molar-refractivity contribution in [2.75, 3.05) is 5.32 Å². The molecule has 0 bridgehead atoms. The molecule has 0 amide bonds. The van der Waals surface area contributed by atoms with E-state index in [-0.39, 0.29) is 6.04 Å². The molecule has 100 valence electrons. The Kier molecular flexibility index (Phi) is 2.66. The van der Waals surface area contributed by atoms with Gasteiger partial charge in [0.05, 0.1) is 18.6 Å². The van der Waals surface area contributed by atoms with Crippen molar-refractivity contribution in [2.45, 2.75) is 32.6 Å². The van der Waals surface area contributed by atoms with Gasteiger partial charge in [0.2, 0.25) is 5.79 Å². The van der Waals surface area contributed by atoms with Crippen molar-refractivity contribution in [3.63, 3.8) is 0 Å². The summed E-state index contributed by atoms with van der Waals surface area (Å²) in [5, 5.41) is 3.41. The number of anilines is 1.